The van der Waals surface area contributed by atoms with Gasteiger partial charge in [0.25, 0.3) is 0 Å². The van der Waals surface area contributed by atoms with E-state index in [4.69, 9.17) is 14.6 Å². The molecular formula is C13H16O4. The molecule has 0 aromatic heterocycles. The van der Waals surface area contributed by atoms with E-state index in [1.807, 2.05) is 0 Å². The van der Waals surface area contributed by atoms with Crippen LogP contribution in [0.4, 0.5) is 0 Å². The van der Waals surface area contributed by atoms with Gasteiger partial charge in [0.15, 0.2) is 12.1 Å². The molecule has 0 heterocycles. The molecule has 1 N–H and O–H groups in total. The summed E-state index contributed by atoms with van der Waals surface area (Å²) in [6.45, 7) is 3.13. The number of ether oxygens (including phenoxy) is 2. The van der Waals surface area contributed by atoms with Crippen LogP contribution in [-0.2, 0) is 9.53 Å². The Balaban J connectivity index is 3.11. The van der Waals surface area contributed by atoms with Gasteiger partial charge in [0.2, 0.25) is 0 Å². The molecule has 4 heteroatoms. The molecule has 0 spiro atoms. The van der Waals surface area contributed by atoms with Gasteiger partial charge < -0.3 is 14.6 Å². The molecule has 0 amide bonds. The van der Waals surface area contributed by atoms with E-state index in [0.717, 1.165) is 6.26 Å². The predicted molar refractivity (Wildman–Crippen MR) is 64.8 cm³/mol. The maximum atomic E-state index is 11.4. The molecule has 0 saturated carbocycles. The van der Waals surface area contributed by atoms with Crippen LogP contribution in [0, 0.1) is 0 Å². The first-order valence-corrected chi connectivity index (χ1v) is 5.24. The van der Waals surface area contributed by atoms with Gasteiger partial charge in [0.05, 0.1) is 11.8 Å². The highest BCUT2D eigenvalue weighted by molar-refractivity contribution is 6.19. The maximum absolute atomic E-state index is 11.4. The molecule has 0 aliphatic rings. The van der Waals surface area contributed by atoms with Crippen molar-refractivity contribution in [2.24, 2.45) is 0 Å². The largest absolute Gasteiger partial charge is 0.515 e. The molecule has 1 aromatic rings. The number of para-hydroxylation sites is 1. The molecule has 1 rings (SSSR count). The Morgan fingerprint density at radius 2 is 2.06 bits per heavy atom. The Labute approximate surface area is 100 Å². The van der Waals surface area contributed by atoms with Gasteiger partial charge >= 0.3 is 0 Å². The number of carbonyl (C=O) groups is 1. The lowest BCUT2D eigenvalue weighted by Crippen LogP contribution is -2.15. The summed E-state index contributed by atoms with van der Waals surface area (Å²) in [4.78, 5) is 11.4. The Hall–Kier alpha value is -1.81. The first-order valence-electron chi connectivity index (χ1n) is 5.24. The molecule has 92 valence electrons. The summed E-state index contributed by atoms with van der Waals surface area (Å²) < 4.78 is 10.5. The molecule has 0 saturated heterocycles. The van der Waals surface area contributed by atoms with Crippen molar-refractivity contribution in [2.75, 3.05) is 7.11 Å². The number of hydrogen-bond acceptors (Lipinski definition) is 4. The van der Waals surface area contributed by atoms with Crippen molar-refractivity contribution in [3.05, 3.63) is 36.1 Å². The van der Waals surface area contributed by atoms with Gasteiger partial charge in [-0.25, -0.2) is 0 Å². The van der Waals surface area contributed by atoms with Crippen LogP contribution in [0.1, 0.15) is 19.4 Å². The summed E-state index contributed by atoms with van der Waals surface area (Å²) in [5, 5.41) is 9.10. The molecule has 1 atom stereocenters. The van der Waals surface area contributed by atoms with E-state index in [-0.39, 0.29) is 11.4 Å². The molecule has 0 aliphatic carbocycles. The van der Waals surface area contributed by atoms with Crippen molar-refractivity contribution >= 4 is 11.4 Å². The van der Waals surface area contributed by atoms with Crippen molar-refractivity contribution in [2.45, 2.75) is 20.1 Å². The summed E-state index contributed by atoms with van der Waals surface area (Å²) in [5.74, 6) is 0.269. The lowest BCUT2D eigenvalue weighted by atomic mass is 10.0. The van der Waals surface area contributed by atoms with Crippen LogP contribution in [-0.4, -0.2) is 24.3 Å². The van der Waals surface area contributed by atoms with Gasteiger partial charge in [-0.05, 0) is 19.9 Å². The van der Waals surface area contributed by atoms with Gasteiger partial charge in [-0.1, -0.05) is 18.2 Å². The van der Waals surface area contributed by atoms with Crippen LogP contribution in [0.25, 0.3) is 5.57 Å². The van der Waals surface area contributed by atoms with Crippen LogP contribution in [0.15, 0.2) is 30.5 Å². The number of rotatable bonds is 5. The Bertz CT molecular complexity index is 423. The maximum Gasteiger partial charge on any atom is 0.196 e. The topological polar surface area (TPSA) is 55.8 Å². The highest BCUT2D eigenvalue weighted by atomic mass is 16.7. The second kappa shape index (κ2) is 6.06. The minimum atomic E-state index is -0.428. The van der Waals surface area contributed by atoms with E-state index in [1.54, 1.807) is 31.2 Å². The van der Waals surface area contributed by atoms with Crippen molar-refractivity contribution in [3.8, 4) is 5.75 Å². The number of carbonyl (C=O) groups excluding carboxylic acids is 1. The van der Waals surface area contributed by atoms with E-state index in [9.17, 15) is 4.79 Å². The molecule has 0 fully saturated rings. The summed E-state index contributed by atoms with van der Waals surface area (Å²) >= 11 is 0. The van der Waals surface area contributed by atoms with Crippen LogP contribution in [0.3, 0.4) is 0 Å². The Morgan fingerprint density at radius 1 is 1.41 bits per heavy atom. The number of aliphatic hydroxyl groups is 1. The quantitative estimate of drug-likeness (QED) is 0.485. The monoisotopic (exact) mass is 236 g/mol. The third-order valence-electron chi connectivity index (χ3n) is 2.31. The fraction of sp³-hybridized carbons (Fsp3) is 0.308. The van der Waals surface area contributed by atoms with Crippen LogP contribution in [0.2, 0.25) is 0 Å². The highest BCUT2D eigenvalue weighted by Crippen LogP contribution is 2.27. The lowest BCUT2D eigenvalue weighted by Gasteiger charge is -2.16. The summed E-state index contributed by atoms with van der Waals surface area (Å²) in [5.41, 5.74) is 0.760. The Kier molecular flexibility index (Phi) is 4.72. The minimum absolute atomic E-state index is 0.212. The number of benzene rings is 1. The molecule has 0 radical (unpaired) electrons. The van der Waals surface area contributed by atoms with E-state index in [1.165, 1.54) is 14.0 Å². The SMILES string of the molecule is COC(C)Oc1ccccc1C(=CO)C(C)=O. The second-order valence-electron chi connectivity index (χ2n) is 3.52. The Morgan fingerprint density at radius 3 is 2.59 bits per heavy atom. The first kappa shape index (κ1) is 13.3. The minimum Gasteiger partial charge on any atom is -0.515 e. The number of methoxy groups -OCH3 is 1. The number of hydrogen-bond donors (Lipinski definition) is 1. The molecule has 4 nitrogen and oxygen atoms in total. The standard InChI is InChI=1S/C13H16O4/c1-9(15)12(8-14)11-6-4-5-7-13(11)17-10(2)16-3/h4-8,10,14H,1-3H3. The van der Waals surface area contributed by atoms with Gasteiger partial charge in [-0.2, -0.15) is 0 Å². The summed E-state index contributed by atoms with van der Waals surface area (Å²) in [6, 6.07) is 6.99. The van der Waals surface area contributed by atoms with Gasteiger partial charge in [-0.3, -0.25) is 4.79 Å². The van der Waals surface area contributed by atoms with Gasteiger partial charge in [-0.15, -0.1) is 0 Å². The van der Waals surface area contributed by atoms with Gasteiger partial charge in [0.1, 0.15) is 5.75 Å². The predicted octanol–water partition coefficient (Wildman–Crippen LogP) is 2.55. The highest BCUT2D eigenvalue weighted by Gasteiger charge is 2.14. The van der Waals surface area contributed by atoms with E-state index < -0.39 is 6.29 Å². The third kappa shape index (κ3) is 3.32. The first-order chi connectivity index (χ1) is 8.10. The van der Waals surface area contributed by atoms with Crippen molar-refractivity contribution < 1.29 is 19.4 Å². The number of ketones is 1. The van der Waals surface area contributed by atoms with Gasteiger partial charge in [0, 0.05) is 12.7 Å². The van der Waals surface area contributed by atoms with Crippen LogP contribution >= 0.6 is 0 Å². The van der Waals surface area contributed by atoms with E-state index in [0.29, 0.717) is 11.3 Å². The summed E-state index contributed by atoms with van der Waals surface area (Å²) in [7, 11) is 1.53. The smallest absolute Gasteiger partial charge is 0.196 e. The zero-order valence-electron chi connectivity index (χ0n) is 10.1. The average molecular weight is 236 g/mol. The number of Topliss-reactive ketones (excluding diaryl/α,β-unsaturated/α-hetero) is 1. The van der Waals surface area contributed by atoms with Crippen molar-refractivity contribution in [3.63, 3.8) is 0 Å². The molecule has 1 unspecified atom stereocenters. The van der Waals surface area contributed by atoms with E-state index >= 15 is 0 Å². The molecular weight excluding hydrogens is 220 g/mol. The van der Waals surface area contributed by atoms with Crippen molar-refractivity contribution in [1.29, 1.82) is 0 Å². The van der Waals surface area contributed by atoms with Crippen molar-refractivity contribution in [1.82, 2.24) is 0 Å². The summed E-state index contributed by atoms with van der Waals surface area (Å²) in [6.07, 6.45) is 0.366. The second-order valence-corrected chi connectivity index (χ2v) is 3.52. The lowest BCUT2D eigenvalue weighted by molar-refractivity contribution is -0.111. The normalized spacial score (nSPS) is 13.2. The van der Waals surface area contributed by atoms with Crippen LogP contribution in [0.5, 0.6) is 5.75 Å². The fourth-order valence-electron chi connectivity index (χ4n) is 1.37. The third-order valence-corrected chi connectivity index (χ3v) is 2.31. The van der Waals surface area contributed by atoms with E-state index in [2.05, 4.69) is 0 Å². The molecule has 17 heavy (non-hydrogen) atoms. The molecule has 1 aromatic carbocycles. The molecule has 0 bridgehead atoms. The average Bonchev–Trinajstić information content (AvgIpc) is 2.31. The zero-order chi connectivity index (χ0) is 12.8. The number of allylic oxidation sites excluding steroid dienone is 1. The molecule has 0 aliphatic heterocycles. The zero-order valence-corrected chi connectivity index (χ0v) is 10.1. The van der Waals surface area contributed by atoms with Crippen LogP contribution < -0.4 is 4.74 Å². The number of aliphatic hydroxyl groups excluding tert-OH is 1. The fourth-order valence-corrected chi connectivity index (χ4v) is 1.37.